The highest BCUT2D eigenvalue weighted by Gasteiger charge is 2.16. The summed E-state index contributed by atoms with van der Waals surface area (Å²) in [4.78, 5) is 0. The number of benzene rings is 3. The van der Waals surface area contributed by atoms with Crippen LogP contribution in [0, 0.1) is 0 Å². The fraction of sp³-hybridized carbons (Fsp3) is 0.0833. The number of hydrogen-bond acceptors (Lipinski definition) is 4. The average Bonchev–Trinajstić information content (AvgIpc) is 2.76. The molecule has 1 aromatic heterocycles. The molecule has 0 radical (unpaired) electrons. The van der Waals surface area contributed by atoms with E-state index in [1.807, 2.05) is 84.9 Å². The molecule has 1 heterocycles. The van der Waals surface area contributed by atoms with Crippen molar-refractivity contribution in [2.24, 2.45) is 0 Å². The van der Waals surface area contributed by atoms with Crippen molar-refractivity contribution in [2.45, 2.75) is 6.54 Å². The number of nitrogens with one attached hydrogen (secondary N) is 1. The zero-order valence-electron chi connectivity index (χ0n) is 16.7. The van der Waals surface area contributed by atoms with Gasteiger partial charge in [-0.3, -0.25) is 0 Å². The SMILES string of the molecule is CN(Cc1ccc(Cl)cc1)Nc1nncc(-c2ccc(Cl)cc2)c1-c1ccc(Cl)cc1. The maximum absolute atomic E-state index is 6.12. The first-order valence-corrected chi connectivity index (χ1v) is 10.7. The molecular formula is C24H19Cl3N4. The van der Waals surface area contributed by atoms with E-state index in [1.165, 1.54) is 0 Å². The van der Waals surface area contributed by atoms with Crippen molar-refractivity contribution in [3.05, 3.63) is 99.6 Å². The van der Waals surface area contributed by atoms with Crippen molar-refractivity contribution >= 4 is 40.6 Å². The van der Waals surface area contributed by atoms with Crippen molar-refractivity contribution in [3.63, 3.8) is 0 Å². The zero-order valence-corrected chi connectivity index (χ0v) is 19.0. The quantitative estimate of drug-likeness (QED) is 0.302. The summed E-state index contributed by atoms with van der Waals surface area (Å²) in [5, 5.41) is 12.7. The van der Waals surface area contributed by atoms with Crippen LogP contribution in [0.5, 0.6) is 0 Å². The average molecular weight is 470 g/mol. The first-order valence-electron chi connectivity index (χ1n) is 9.59. The van der Waals surface area contributed by atoms with Gasteiger partial charge in [0.2, 0.25) is 0 Å². The molecule has 1 N–H and O–H groups in total. The van der Waals surface area contributed by atoms with E-state index in [4.69, 9.17) is 34.8 Å². The number of rotatable bonds is 6. The monoisotopic (exact) mass is 468 g/mol. The van der Waals surface area contributed by atoms with Gasteiger partial charge in [0.05, 0.1) is 6.20 Å². The van der Waals surface area contributed by atoms with E-state index < -0.39 is 0 Å². The lowest BCUT2D eigenvalue weighted by Crippen LogP contribution is -2.26. The van der Waals surface area contributed by atoms with Crippen LogP contribution in [0.3, 0.4) is 0 Å². The van der Waals surface area contributed by atoms with E-state index in [-0.39, 0.29) is 0 Å². The molecule has 0 bridgehead atoms. The fourth-order valence-electron chi connectivity index (χ4n) is 3.31. The summed E-state index contributed by atoms with van der Waals surface area (Å²) in [6.07, 6.45) is 1.76. The van der Waals surface area contributed by atoms with Crippen LogP contribution < -0.4 is 5.43 Å². The molecule has 0 aliphatic rings. The molecule has 31 heavy (non-hydrogen) atoms. The summed E-state index contributed by atoms with van der Waals surface area (Å²) in [7, 11) is 1.96. The molecule has 156 valence electrons. The molecule has 0 fully saturated rings. The Morgan fingerprint density at radius 1 is 0.742 bits per heavy atom. The third-order valence-electron chi connectivity index (χ3n) is 4.77. The summed E-state index contributed by atoms with van der Waals surface area (Å²) in [6.45, 7) is 0.657. The normalized spacial score (nSPS) is 11.0. The van der Waals surface area contributed by atoms with Crippen LogP contribution in [-0.4, -0.2) is 22.3 Å². The number of hydrogen-bond donors (Lipinski definition) is 1. The molecule has 0 unspecified atom stereocenters. The minimum Gasteiger partial charge on any atom is -0.301 e. The topological polar surface area (TPSA) is 41.0 Å². The second-order valence-corrected chi connectivity index (χ2v) is 8.40. The highest BCUT2D eigenvalue weighted by molar-refractivity contribution is 6.31. The maximum atomic E-state index is 6.12. The molecule has 4 aromatic rings. The molecule has 7 heteroatoms. The first-order chi connectivity index (χ1) is 15.0. The molecule has 0 saturated carbocycles. The lowest BCUT2D eigenvalue weighted by Gasteiger charge is -2.22. The minimum atomic E-state index is 0.645. The van der Waals surface area contributed by atoms with Gasteiger partial charge in [0, 0.05) is 39.8 Å². The predicted molar refractivity (Wildman–Crippen MR) is 129 cm³/mol. The van der Waals surface area contributed by atoms with Crippen molar-refractivity contribution in [3.8, 4) is 22.3 Å². The predicted octanol–water partition coefficient (Wildman–Crippen LogP) is 7.23. The number of halogens is 3. The van der Waals surface area contributed by atoms with Crippen LogP contribution in [-0.2, 0) is 6.54 Å². The van der Waals surface area contributed by atoms with E-state index in [9.17, 15) is 0 Å². The van der Waals surface area contributed by atoms with E-state index in [2.05, 4.69) is 15.6 Å². The first kappa shape index (κ1) is 21.6. The van der Waals surface area contributed by atoms with Crippen LogP contribution in [0.4, 0.5) is 5.82 Å². The smallest absolute Gasteiger partial charge is 0.171 e. The van der Waals surface area contributed by atoms with Gasteiger partial charge in [0.15, 0.2) is 5.82 Å². The summed E-state index contributed by atoms with van der Waals surface area (Å²) >= 11 is 18.2. The second-order valence-electron chi connectivity index (χ2n) is 7.09. The third-order valence-corrected chi connectivity index (χ3v) is 5.52. The standard InChI is InChI=1S/C24H19Cl3N4/c1-31(15-16-2-8-19(25)9-3-16)30-24-23(18-6-12-21(27)13-7-18)22(14-28-29-24)17-4-10-20(26)11-5-17/h2-14H,15H2,1H3,(H,29,30). The lowest BCUT2D eigenvalue weighted by molar-refractivity contribution is 0.393. The van der Waals surface area contributed by atoms with Gasteiger partial charge in [-0.1, -0.05) is 71.2 Å². The van der Waals surface area contributed by atoms with Gasteiger partial charge in [-0.25, -0.2) is 5.01 Å². The van der Waals surface area contributed by atoms with Crippen molar-refractivity contribution < 1.29 is 0 Å². The van der Waals surface area contributed by atoms with Crippen molar-refractivity contribution in [1.29, 1.82) is 0 Å². The largest absolute Gasteiger partial charge is 0.301 e. The Labute approximate surface area is 196 Å². The highest BCUT2D eigenvalue weighted by Crippen LogP contribution is 2.37. The van der Waals surface area contributed by atoms with Gasteiger partial charge in [0.25, 0.3) is 0 Å². The molecule has 0 aliphatic heterocycles. The maximum Gasteiger partial charge on any atom is 0.171 e. The van der Waals surface area contributed by atoms with Crippen molar-refractivity contribution in [1.82, 2.24) is 15.2 Å². The van der Waals surface area contributed by atoms with Gasteiger partial charge in [-0.2, -0.15) is 5.10 Å². The molecule has 0 amide bonds. The van der Waals surface area contributed by atoms with Crippen LogP contribution in [0.25, 0.3) is 22.3 Å². The van der Waals surface area contributed by atoms with E-state index >= 15 is 0 Å². The Kier molecular flexibility index (Phi) is 6.73. The summed E-state index contributed by atoms with van der Waals surface area (Å²) in [5.41, 5.74) is 8.34. The number of hydrazine groups is 1. The van der Waals surface area contributed by atoms with Crippen LogP contribution >= 0.6 is 34.8 Å². The van der Waals surface area contributed by atoms with E-state index in [0.717, 1.165) is 27.8 Å². The summed E-state index contributed by atoms with van der Waals surface area (Å²) < 4.78 is 0. The number of anilines is 1. The minimum absolute atomic E-state index is 0.645. The van der Waals surface area contributed by atoms with Gasteiger partial charge < -0.3 is 5.43 Å². The van der Waals surface area contributed by atoms with Gasteiger partial charge in [-0.05, 0) is 53.1 Å². The van der Waals surface area contributed by atoms with E-state index in [0.29, 0.717) is 27.4 Å². The molecule has 4 nitrogen and oxygen atoms in total. The Morgan fingerprint density at radius 2 is 1.26 bits per heavy atom. The summed E-state index contributed by atoms with van der Waals surface area (Å²) in [5.74, 6) is 0.645. The zero-order chi connectivity index (χ0) is 21.8. The highest BCUT2D eigenvalue weighted by atomic mass is 35.5. The lowest BCUT2D eigenvalue weighted by atomic mass is 9.97. The number of aromatic nitrogens is 2. The molecule has 3 aromatic carbocycles. The van der Waals surface area contributed by atoms with Crippen molar-refractivity contribution in [2.75, 3.05) is 12.5 Å². The van der Waals surface area contributed by atoms with Gasteiger partial charge in [-0.15, -0.1) is 5.10 Å². The second kappa shape index (κ2) is 9.67. The molecule has 0 saturated heterocycles. The Balaban J connectivity index is 1.72. The molecule has 0 spiro atoms. The van der Waals surface area contributed by atoms with Crippen LogP contribution in [0.2, 0.25) is 15.1 Å². The Morgan fingerprint density at radius 3 is 1.84 bits per heavy atom. The molecule has 0 aliphatic carbocycles. The fourth-order valence-corrected chi connectivity index (χ4v) is 3.68. The molecule has 0 atom stereocenters. The van der Waals surface area contributed by atoms with Gasteiger partial charge >= 0.3 is 0 Å². The molecular weight excluding hydrogens is 451 g/mol. The van der Waals surface area contributed by atoms with E-state index in [1.54, 1.807) is 6.20 Å². The van der Waals surface area contributed by atoms with Crippen LogP contribution in [0.15, 0.2) is 79.0 Å². The number of nitrogens with zero attached hydrogens (tertiary/aromatic N) is 3. The Hall–Kier alpha value is -2.63. The van der Waals surface area contributed by atoms with Crippen LogP contribution in [0.1, 0.15) is 5.56 Å². The third kappa shape index (κ3) is 5.35. The van der Waals surface area contributed by atoms with Gasteiger partial charge in [0.1, 0.15) is 0 Å². The molecule has 4 rings (SSSR count). The Bertz CT molecular complexity index is 1160. The summed E-state index contributed by atoms with van der Waals surface area (Å²) in [6, 6.07) is 23.1.